The third-order valence-electron chi connectivity index (χ3n) is 10.5. The van der Waals surface area contributed by atoms with Crippen molar-refractivity contribution in [2.75, 3.05) is 39.8 Å². The molecule has 0 bridgehead atoms. The molecule has 4 aliphatic rings. The number of furan rings is 1. The van der Waals surface area contributed by atoms with Gasteiger partial charge < -0.3 is 23.9 Å². The number of carboxylic acids is 1. The molecule has 1 aromatic heterocycles. The minimum atomic E-state index is -5.08. The number of piperidine rings is 2. The average Bonchev–Trinajstić information content (AvgIpc) is 3.51. The standard InChI is InChI=1S/C31H49N3O7S.C2HF3O2/c1-5-6-12-26-31(41-30(36)34(26)21-24-10-8-7-9-11-24)15-19-32(20-16-31)25-13-17-33(18-14-25)42(37,38)28-23(3)40-22(2)27(28)29(35)39-4;3-2(4,5)1(6)7/h24-26H,5-21H2,1-4H3;(H,6,7). The summed E-state index contributed by atoms with van der Waals surface area (Å²) in [5.41, 5.74) is -0.428. The SMILES string of the molecule is CCCCC1N(CC2CCCCC2)C(=O)OC12CCN(C1CCN(S(=O)(=O)c3c(C)oc(C)c3C(=O)OC)CC1)CC2.O=C(O)C(F)(F)F. The Balaban J connectivity index is 0.000000698. The van der Waals surface area contributed by atoms with Crippen molar-refractivity contribution in [1.29, 1.82) is 0 Å². The number of ether oxygens (including phenoxy) is 2. The highest BCUT2D eigenvalue weighted by atomic mass is 32.2. The summed E-state index contributed by atoms with van der Waals surface area (Å²) in [6.07, 6.45) is 7.31. The van der Waals surface area contributed by atoms with Crippen molar-refractivity contribution >= 4 is 28.1 Å². The molecule has 5 rings (SSSR count). The number of esters is 1. The van der Waals surface area contributed by atoms with Gasteiger partial charge in [0.05, 0.1) is 13.2 Å². The van der Waals surface area contributed by atoms with Crippen molar-refractivity contribution < 1.29 is 55.0 Å². The lowest BCUT2D eigenvalue weighted by atomic mass is 9.80. The van der Waals surface area contributed by atoms with E-state index in [0.29, 0.717) is 31.8 Å². The largest absolute Gasteiger partial charge is 0.490 e. The number of nitrogens with zero attached hydrogens (tertiary/aromatic N) is 3. The summed E-state index contributed by atoms with van der Waals surface area (Å²) in [5, 5.41) is 7.12. The molecule has 278 valence electrons. The van der Waals surface area contributed by atoms with Crippen molar-refractivity contribution in [2.24, 2.45) is 5.92 Å². The molecule has 1 spiro atoms. The number of carbonyl (C=O) groups excluding carboxylic acids is 2. The number of unbranched alkanes of at least 4 members (excludes halogenated alkanes) is 1. The second-order valence-corrected chi connectivity index (χ2v) is 15.5. The van der Waals surface area contributed by atoms with Gasteiger partial charge in [0.25, 0.3) is 0 Å². The number of amides is 1. The Morgan fingerprint density at radius 2 is 1.59 bits per heavy atom. The zero-order valence-corrected chi connectivity index (χ0v) is 29.7. The number of rotatable bonds is 9. The van der Waals surface area contributed by atoms with Crippen LogP contribution in [0.15, 0.2) is 9.31 Å². The van der Waals surface area contributed by atoms with E-state index < -0.39 is 33.7 Å². The van der Waals surface area contributed by atoms with E-state index in [1.165, 1.54) is 43.5 Å². The summed E-state index contributed by atoms with van der Waals surface area (Å²) in [4.78, 5) is 39.0. The number of sulfonamides is 1. The molecule has 3 aliphatic heterocycles. The summed E-state index contributed by atoms with van der Waals surface area (Å²) in [6, 6.07) is 0.414. The van der Waals surface area contributed by atoms with Gasteiger partial charge in [-0.05, 0) is 51.9 Å². The summed E-state index contributed by atoms with van der Waals surface area (Å²) < 4.78 is 77.1. The molecule has 0 aromatic carbocycles. The summed E-state index contributed by atoms with van der Waals surface area (Å²) in [7, 11) is -2.68. The zero-order chi connectivity index (χ0) is 36.1. The van der Waals surface area contributed by atoms with E-state index in [-0.39, 0.29) is 40.2 Å². The molecule has 1 amide bonds. The fourth-order valence-electron chi connectivity index (χ4n) is 7.97. The molecule has 1 aliphatic carbocycles. The van der Waals surface area contributed by atoms with Gasteiger partial charge in [-0.15, -0.1) is 0 Å². The van der Waals surface area contributed by atoms with Crippen molar-refractivity contribution in [3.05, 3.63) is 17.1 Å². The monoisotopic (exact) mass is 721 g/mol. The molecule has 12 nitrogen and oxygen atoms in total. The van der Waals surface area contributed by atoms with E-state index >= 15 is 0 Å². The summed E-state index contributed by atoms with van der Waals surface area (Å²) >= 11 is 0. The Kier molecular flexibility index (Phi) is 12.7. The molecule has 1 unspecified atom stereocenters. The van der Waals surface area contributed by atoms with Crippen LogP contribution in [0.2, 0.25) is 0 Å². The van der Waals surface area contributed by atoms with Crippen LogP contribution in [0.4, 0.5) is 18.0 Å². The molecule has 4 fully saturated rings. The number of carbonyl (C=O) groups is 3. The molecule has 1 aromatic rings. The van der Waals surface area contributed by atoms with Gasteiger partial charge in [0.2, 0.25) is 10.0 Å². The van der Waals surface area contributed by atoms with Crippen LogP contribution in [0.5, 0.6) is 0 Å². The lowest BCUT2D eigenvalue weighted by Crippen LogP contribution is -2.56. The van der Waals surface area contributed by atoms with Gasteiger partial charge in [0, 0.05) is 51.6 Å². The molecule has 1 saturated carbocycles. The van der Waals surface area contributed by atoms with Gasteiger partial charge in [-0.25, -0.2) is 22.8 Å². The van der Waals surface area contributed by atoms with E-state index in [0.717, 1.165) is 51.7 Å². The Hall–Kier alpha value is -2.85. The first-order valence-corrected chi connectivity index (χ1v) is 18.7. The quantitative estimate of drug-likeness (QED) is 0.306. The van der Waals surface area contributed by atoms with Crippen molar-refractivity contribution in [1.82, 2.24) is 14.1 Å². The first-order chi connectivity index (χ1) is 23.1. The zero-order valence-electron chi connectivity index (χ0n) is 28.8. The van der Waals surface area contributed by atoms with Crippen LogP contribution in [0.1, 0.15) is 106 Å². The molecule has 16 heteroatoms. The maximum Gasteiger partial charge on any atom is 0.490 e. The van der Waals surface area contributed by atoms with E-state index in [9.17, 15) is 31.2 Å². The number of halogens is 3. The minimum absolute atomic E-state index is 0.0141. The molecule has 1 N–H and O–H groups in total. The molecule has 4 heterocycles. The number of alkyl halides is 3. The fourth-order valence-corrected chi connectivity index (χ4v) is 9.81. The van der Waals surface area contributed by atoms with Crippen molar-refractivity contribution in [3.8, 4) is 0 Å². The minimum Gasteiger partial charge on any atom is -0.475 e. The molecule has 3 saturated heterocycles. The van der Waals surface area contributed by atoms with Gasteiger partial charge in [0.15, 0.2) is 0 Å². The fraction of sp³-hybridized carbons (Fsp3) is 0.788. The number of aryl methyl sites for hydroxylation is 2. The first-order valence-electron chi connectivity index (χ1n) is 17.3. The second kappa shape index (κ2) is 16.0. The predicted molar refractivity (Wildman–Crippen MR) is 172 cm³/mol. The Labute approximate surface area is 286 Å². The van der Waals surface area contributed by atoms with Gasteiger partial charge in [-0.3, -0.25) is 4.90 Å². The number of aliphatic carboxylic acids is 1. The second-order valence-electron chi connectivity index (χ2n) is 13.6. The van der Waals surface area contributed by atoms with Crippen LogP contribution in [0.3, 0.4) is 0 Å². The average molecular weight is 722 g/mol. The Bertz CT molecular complexity index is 1430. The predicted octanol–water partition coefficient (Wildman–Crippen LogP) is 5.90. The number of methoxy groups -OCH3 is 1. The molecule has 1 atom stereocenters. The number of hydrogen-bond donors (Lipinski definition) is 1. The van der Waals surface area contributed by atoms with Gasteiger partial charge in [-0.1, -0.05) is 39.0 Å². The summed E-state index contributed by atoms with van der Waals surface area (Å²) in [6.45, 7) is 8.63. The number of hydrogen-bond acceptors (Lipinski definition) is 9. The van der Waals surface area contributed by atoms with E-state index in [1.807, 2.05) is 0 Å². The lowest BCUT2D eigenvalue weighted by Gasteiger charge is -2.46. The van der Waals surface area contributed by atoms with E-state index in [2.05, 4.69) is 16.7 Å². The van der Waals surface area contributed by atoms with Crippen LogP contribution in [-0.4, -0.2) is 109 Å². The van der Waals surface area contributed by atoms with E-state index in [4.69, 9.17) is 23.8 Å². The number of likely N-dealkylation sites (tertiary alicyclic amines) is 1. The van der Waals surface area contributed by atoms with Crippen LogP contribution >= 0.6 is 0 Å². The molecular weight excluding hydrogens is 671 g/mol. The maximum atomic E-state index is 13.6. The topological polar surface area (TPSA) is 147 Å². The Morgan fingerprint density at radius 1 is 1.00 bits per heavy atom. The highest BCUT2D eigenvalue weighted by molar-refractivity contribution is 7.89. The van der Waals surface area contributed by atoms with Crippen LogP contribution in [0.25, 0.3) is 0 Å². The number of carboxylic acid groups (broad SMARTS) is 1. The maximum absolute atomic E-state index is 13.6. The van der Waals surface area contributed by atoms with Crippen LogP contribution < -0.4 is 0 Å². The normalized spacial score (nSPS) is 22.9. The van der Waals surface area contributed by atoms with Crippen LogP contribution in [-0.2, 0) is 24.3 Å². The van der Waals surface area contributed by atoms with Gasteiger partial charge >= 0.3 is 24.2 Å². The molecule has 0 radical (unpaired) electrons. The molecular formula is C33H50F3N3O9S. The highest BCUT2D eigenvalue weighted by Gasteiger charge is 2.55. The third-order valence-corrected chi connectivity index (χ3v) is 12.6. The summed E-state index contributed by atoms with van der Waals surface area (Å²) in [5.74, 6) is -2.42. The van der Waals surface area contributed by atoms with E-state index in [1.54, 1.807) is 13.8 Å². The van der Waals surface area contributed by atoms with Crippen molar-refractivity contribution in [2.45, 2.75) is 127 Å². The highest BCUT2D eigenvalue weighted by Crippen LogP contribution is 2.43. The Morgan fingerprint density at radius 3 is 2.12 bits per heavy atom. The lowest BCUT2D eigenvalue weighted by molar-refractivity contribution is -0.192. The van der Waals surface area contributed by atoms with Gasteiger partial charge in [0.1, 0.15) is 27.6 Å². The smallest absolute Gasteiger partial charge is 0.475 e. The van der Waals surface area contributed by atoms with Crippen LogP contribution in [0, 0.1) is 19.8 Å². The van der Waals surface area contributed by atoms with Crippen molar-refractivity contribution in [3.63, 3.8) is 0 Å². The molecule has 49 heavy (non-hydrogen) atoms. The third kappa shape index (κ3) is 8.73. The van der Waals surface area contributed by atoms with Gasteiger partial charge in [-0.2, -0.15) is 17.5 Å². The first kappa shape index (κ1) is 38.9.